The zero-order valence-electron chi connectivity index (χ0n) is 17.0. The second-order valence-electron chi connectivity index (χ2n) is 7.32. The predicted octanol–water partition coefficient (Wildman–Crippen LogP) is 3.47. The van der Waals surface area contributed by atoms with Crippen molar-refractivity contribution in [3.63, 3.8) is 0 Å². The van der Waals surface area contributed by atoms with Crippen LogP contribution in [0.3, 0.4) is 0 Å². The van der Waals surface area contributed by atoms with Crippen LogP contribution in [0.4, 0.5) is 5.69 Å². The Kier molecular flexibility index (Phi) is 4.55. The highest BCUT2D eigenvalue weighted by atomic mass is 32.2. The van der Waals surface area contributed by atoms with Crippen LogP contribution in [0, 0.1) is 13.8 Å². The molecule has 2 aromatic carbocycles. The number of rotatable bonds is 5. The third-order valence-electron chi connectivity index (χ3n) is 5.35. The van der Waals surface area contributed by atoms with Crippen molar-refractivity contribution < 1.29 is 17.9 Å². The molecule has 3 heterocycles. The third-order valence-corrected chi connectivity index (χ3v) is 7.11. The minimum Gasteiger partial charge on any atom is -0.454 e. The predicted molar refractivity (Wildman–Crippen MR) is 115 cm³/mol. The molecule has 0 bridgehead atoms. The number of ether oxygens (including phenoxy) is 2. The maximum Gasteiger partial charge on any atom is 0.266 e. The van der Waals surface area contributed by atoms with Gasteiger partial charge in [-0.3, -0.25) is 8.71 Å². The van der Waals surface area contributed by atoms with Crippen LogP contribution in [0.2, 0.25) is 0 Å². The summed E-state index contributed by atoms with van der Waals surface area (Å²) < 4.78 is 41.6. The lowest BCUT2D eigenvalue weighted by molar-refractivity contribution is 0.174. The monoisotopic (exact) mass is 436 g/mol. The molecule has 0 N–H and O–H groups in total. The van der Waals surface area contributed by atoms with E-state index in [-0.39, 0.29) is 18.2 Å². The molecule has 0 radical (unpaired) electrons. The normalized spacial score (nSPS) is 13.0. The van der Waals surface area contributed by atoms with Gasteiger partial charge < -0.3 is 9.47 Å². The fourth-order valence-electron chi connectivity index (χ4n) is 3.56. The summed E-state index contributed by atoms with van der Waals surface area (Å²) in [4.78, 5) is 0.147. The number of sulfonamides is 1. The molecule has 8 nitrogen and oxygen atoms in total. The van der Waals surface area contributed by atoms with Crippen molar-refractivity contribution in [3.8, 4) is 11.5 Å². The lowest BCUT2D eigenvalue weighted by Gasteiger charge is -2.25. The van der Waals surface area contributed by atoms with Crippen LogP contribution >= 0.6 is 0 Å². The largest absolute Gasteiger partial charge is 0.454 e. The lowest BCUT2D eigenvalue weighted by Crippen LogP contribution is -2.31. The highest BCUT2D eigenvalue weighted by Gasteiger charge is 2.28. The van der Waals surface area contributed by atoms with Crippen LogP contribution in [-0.4, -0.2) is 29.8 Å². The summed E-state index contributed by atoms with van der Waals surface area (Å²) in [6.45, 7) is 4.03. The van der Waals surface area contributed by atoms with Crippen LogP contribution in [0.1, 0.15) is 17.0 Å². The van der Waals surface area contributed by atoms with Crippen LogP contribution in [0.25, 0.3) is 5.65 Å². The van der Waals surface area contributed by atoms with E-state index in [1.807, 2.05) is 31.2 Å². The van der Waals surface area contributed by atoms with Gasteiger partial charge in [0, 0.05) is 12.3 Å². The number of nitrogens with zero attached hydrogens (tertiary/aromatic N) is 4. The Balaban J connectivity index is 1.64. The number of hydrogen-bond donors (Lipinski definition) is 0. The number of fused-ring (bicyclic) bond motifs is 2. The fraction of sp³-hybridized carbons (Fsp3) is 0.182. The molecule has 0 spiro atoms. The van der Waals surface area contributed by atoms with Crippen molar-refractivity contribution in [2.75, 3.05) is 11.1 Å². The summed E-state index contributed by atoms with van der Waals surface area (Å²) in [5.74, 6) is 1.73. The van der Waals surface area contributed by atoms with Crippen LogP contribution in [0.5, 0.6) is 11.5 Å². The molecule has 0 amide bonds. The van der Waals surface area contributed by atoms with E-state index in [1.165, 1.54) is 4.31 Å². The topological polar surface area (TPSA) is 86.0 Å². The molecular weight excluding hydrogens is 416 g/mol. The van der Waals surface area contributed by atoms with Gasteiger partial charge in [-0.25, -0.2) is 8.42 Å². The standard InChI is InChI=1S/C22H20N4O4S/c1-15-5-3-4-6-17(15)12-26(18-7-9-20-21(11-18)30-14-29-20)31(27,28)19-8-10-22-24-23-16(2)25(22)13-19/h3-11,13H,12,14H2,1-2H3. The molecule has 0 fully saturated rings. The van der Waals surface area contributed by atoms with Gasteiger partial charge in [-0.15, -0.1) is 10.2 Å². The molecule has 9 heteroatoms. The first-order valence-corrected chi connectivity index (χ1v) is 11.2. The Hall–Kier alpha value is -3.59. The molecule has 0 atom stereocenters. The molecule has 0 unspecified atom stereocenters. The first-order valence-electron chi connectivity index (χ1n) is 9.72. The van der Waals surface area contributed by atoms with E-state index in [1.54, 1.807) is 47.9 Å². The molecule has 158 valence electrons. The number of benzene rings is 2. The first-order chi connectivity index (χ1) is 14.9. The van der Waals surface area contributed by atoms with Gasteiger partial charge in [-0.1, -0.05) is 24.3 Å². The van der Waals surface area contributed by atoms with Gasteiger partial charge in [0.05, 0.1) is 12.2 Å². The van der Waals surface area contributed by atoms with Crippen molar-refractivity contribution in [1.29, 1.82) is 0 Å². The molecule has 5 rings (SSSR count). The molecule has 31 heavy (non-hydrogen) atoms. The second kappa shape index (κ2) is 7.28. The summed E-state index contributed by atoms with van der Waals surface area (Å²) in [7, 11) is -3.91. The Morgan fingerprint density at radius 3 is 2.65 bits per heavy atom. The van der Waals surface area contributed by atoms with Crippen molar-refractivity contribution >= 4 is 21.4 Å². The Morgan fingerprint density at radius 2 is 1.81 bits per heavy atom. The van der Waals surface area contributed by atoms with Crippen LogP contribution < -0.4 is 13.8 Å². The van der Waals surface area contributed by atoms with Crippen LogP contribution in [-0.2, 0) is 16.6 Å². The zero-order chi connectivity index (χ0) is 21.6. The van der Waals surface area contributed by atoms with Gasteiger partial charge in [0.15, 0.2) is 17.1 Å². The molecular formula is C22H20N4O4S. The number of hydrogen-bond acceptors (Lipinski definition) is 6. The van der Waals surface area contributed by atoms with Crippen molar-refractivity contribution in [1.82, 2.24) is 14.6 Å². The molecule has 4 aromatic rings. The number of pyridine rings is 1. The van der Waals surface area contributed by atoms with Gasteiger partial charge >= 0.3 is 0 Å². The SMILES string of the molecule is Cc1ccccc1CN(c1ccc2c(c1)OCO2)S(=O)(=O)c1ccc2nnc(C)n2c1. The first kappa shape index (κ1) is 19.4. The van der Waals surface area contributed by atoms with Gasteiger partial charge in [-0.05, 0) is 49.2 Å². The molecule has 1 aliphatic rings. The average molecular weight is 436 g/mol. The van der Waals surface area contributed by atoms with E-state index in [9.17, 15) is 8.42 Å². The van der Waals surface area contributed by atoms with Crippen molar-refractivity contribution in [2.24, 2.45) is 0 Å². The van der Waals surface area contributed by atoms with E-state index >= 15 is 0 Å². The Morgan fingerprint density at radius 1 is 1.00 bits per heavy atom. The summed E-state index contributed by atoms with van der Waals surface area (Å²) in [5.41, 5.74) is 3.00. The Labute approximate surface area is 179 Å². The van der Waals surface area contributed by atoms with Crippen LogP contribution in [0.15, 0.2) is 65.7 Å². The molecule has 0 saturated carbocycles. The summed E-state index contributed by atoms with van der Waals surface area (Å²) in [6, 6.07) is 16.1. The molecule has 2 aromatic heterocycles. The van der Waals surface area contributed by atoms with E-state index < -0.39 is 10.0 Å². The minimum absolute atomic E-state index is 0.118. The Bertz CT molecular complexity index is 1400. The number of aryl methyl sites for hydroxylation is 2. The van der Waals surface area contributed by atoms with E-state index in [4.69, 9.17) is 9.47 Å². The van der Waals surface area contributed by atoms with Gasteiger partial charge in [-0.2, -0.15) is 0 Å². The summed E-state index contributed by atoms with van der Waals surface area (Å²) >= 11 is 0. The van der Waals surface area contributed by atoms with Gasteiger partial charge in [0.2, 0.25) is 6.79 Å². The number of anilines is 1. The zero-order valence-corrected chi connectivity index (χ0v) is 17.8. The van der Waals surface area contributed by atoms with Gasteiger partial charge in [0.1, 0.15) is 10.7 Å². The lowest BCUT2D eigenvalue weighted by atomic mass is 10.1. The van der Waals surface area contributed by atoms with E-state index in [0.29, 0.717) is 28.7 Å². The summed E-state index contributed by atoms with van der Waals surface area (Å²) in [5, 5.41) is 8.05. The smallest absolute Gasteiger partial charge is 0.266 e. The maximum atomic E-state index is 13.8. The molecule has 0 saturated heterocycles. The summed E-state index contributed by atoms with van der Waals surface area (Å²) in [6.07, 6.45) is 1.55. The molecule has 0 aliphatic carbocycles. The second-order valence-corrected chi connectivity index (χ2v) is 9.18. The van der Waals surface area contributed by atoms with Crippen molar-refractivity contribution in [3.05, 3.63) is 77.7 Å². The quantitative estimate of drug-likeness (QED) is 0.476. The number of aromatic nitrogens is 3. The fourth-order valence-corrected chi connectivity index (χ4v) is 5.00. The highest BCUT2D eigenvalue weighted by Crippen LogP contribution is 2.37. The van der Waals surface area contributed by atoms with Crippen molar-refractivity contribution in [2.45, 2.75) is 25.3 Å². The molecule has 1 aliphatic heterocycles. The van der Waals surface area contributed by atoms with E-state index in [2.05, 4.69) is 10.2 Å². The van der Waals surface area contributed by atoms with E-state index in [0.717, 1.165) is 11.1 Å². The average Bonchev–Trinajstić information content (AvgIpc) is 3.39. The third kappa shape index (κ3) is 3.36. The van der Waals surface area contributed by atoms with Gasteiger partial charge in [0.25, 0.3) is 10.0 Å². The maximum absolute atomic E-state index is 13.8. The minimum atomic E-state index is -3.91. The highest BCUT2D eigenvalue weighted by molar-refractivity contribution is 7.92.